The predicted molar refractivity (Wildman–Crippen MR) is 73.7 cm³/mol. The smallest absolute Gasteiger partial charge is 0.0165 e. The monoisotopic (exact) mass is 228 g/mol. The first-order valence-corrected chi connectivity index (χ1v) is 7.13. The van der Waals surface area contributed by atoms with Crippen LogP contribution in [0.5, 0.6) is 0 Å². The van der Waals surface area contributed by atoms with E-state index in [4.69, 9.17) is 5.73 Å². The van der Waals surface area contributed by atoms with Crippen LogP contribution in [0.25, 0.3) is 0 Å². The lowest BCUT2D eigenvalue weighted by molar-refractivity contribution is 0.497. The molecular weight excluding hydrogens is 196 g/mol. The van der Waals surface area contributed by atoms with E-state index in [-0.39, 0.29) is 0 Å². The summed E-state index contributed by atoms with van der Waals surface area (Å²) in [6.45, 7) is 8.92. The second-order valence-electron chi connectivity index (χ2n) is 5.35. The molecule has 98 valence electrons. The minimum Gasteiger partial charge on any atom is -0.327 e. The van der Waals surface area contributed by atoms with Crippen molar-refractivity contribution in [2.45, 2.75) is 71.8 Å². The van der Waals surface area contributed by atoms with Crippen molar-refractivity contribution in [1.29, 1.82) is 0 Å². The summed E-state index contributed by atoms with van der Waals surface area (Å²) in [5, 5.41) is 3.44. The number of nitrogens with two attached hydrogens (primary N) is 1. The van der Waals surface area contributed by atoms with Crippen LogP contribution in [0, 0.1) is 5.92 Å². The topological polar surface area (TPSA) is 38.0 Å². The summed E-state index contributed by atoms with van der Waals surface area (Å²) < 4.78 is 0. The van der Waals surface area contributed by atoms with Gasteiger partial charge in [-0.2, -0.15) is 0 Å². The number of nitrogens with one attached hydrogen (secondary N) is 1. The molecule has 0 radical (unpaired) electrons. The van der Waals surface area contributed by atoms with Crippen LogP contribution in [0.3, 0.4) is 0 Å². The van der Waals surface area contributed by atoms with Crippen molar-refractivity contribution in [2.24, 2.45) is 11.7 Å². The minimum atomic E-state index is 0.353. The van der Waals surface area contributed by atoms with Gasteiger partial charge in [-0.3, -0.25) is 0 Å². The molecule has 1 atom stereocenters. The Morgan fingerprint density at radius 2 is 1.69 bits per heavy atom. The van der Waals surface area contributed by atoms with Gasteiger partial charge >= 0.3 is 0 Å². The molecule has 0 rings (SSSR count). The van der Waals surface area contributed by atoms with Gasteiger partial charge in [-0.25, -0.2) is 0 Å². The summed E-state index contributed by atoms with van der Waals surface area (Å²) >= 11 is 0. The van der Waals surface area contributed by atoms with Gasteiger partial charge < -0.3 is 11.1 Å². The number of hydrogen-bond acceptors (Lipinski definition) is 2. The van der Waals surface area contributed by atoms with Gasteiger partial charge in [-0.1, -0.05) is 52.9 Å². The Hall–Kier alpha value is -0.0800. The van der Waals surface area contributed by atoms with Crippen LogP contribution in [0.15, 0.2) is 0 Å². The van der Waals surface area contributed by atoms with Crippen LogP contribution in [-0.4, -0.2) is 19.1 Å². The van der Waals surface area contributed by atoms with Crippen molar-refractivity contribution in [2.75, 3.05) is 13.1 Å². The summed E-state index contributed by atoms with van der Waals surface area (Å²) in [5.41, 5.74) is 5.92. The van der Waals surface area contributed by atoms with Crippen molar-refractivity contribution in [3.05, 3.63) is 0 Å². The Morgan fingerprint density at radius 3 is 2.31 bits per heavy atom. The van der Waals surface area contributed by atoms with Gasteiger partial charge in [-0.15, -0.1) is 0 Å². The Kier molecular flexibility index (Phi) is 11.3. The van der Waals surface area contributed by atoms with E-state index in [0.717, 1.165) is 25.4 Å². The summed E-state index contributed by atoms with van der Waals surface area (Å²) in [4.78, 5) is 0. The van der Waals surface area contributed by atoms with Crippen molar-refractivity contribution >= 4 is 0 Å². The van der Waals surface area contributed by atoms with Crippen LogP contribution in [0.4, 0.5) is 0 Å². The molecule has 0 aliphatic rings. The highest BCUT2D eigenvalue weighted by Gasteiger charge is 1.99. The molecular formula is C14H32N2. The summed E-state index contributed by atoms with van der Waals surface area (Å²) in [6.07, 6.45) is 9.17. The number of unbranched alkanes of at least 4 members (excludes halogenated alkanes) is 3. The molecule has 0 heterocycles. The number of rotatable bonds is 11. The van der Waals surface area contributed by atoms with E-state index in [1.54, 1.807) is 0 Å². The highest BCUT2D eigenvalue weighted by atomic mass is 14.9. The maximum Gasteiger partial charge on any atom is 0.0165 e. The molecule has 1 unspecified atom stereocenters. The van der Waals surface area contributed by atoms with Gasteiger partial charge in [0.25, 0.3) is 0 Å². The zero-order valence-corrected chi connectivity index (χ0v) is 11.6. The van der Waals surface area contributed by atoms with Crippen molar-refractivity contribution in [1.82, 2.24) is 5.32 Å². The molecule has 0 bridgehead atoms. The van der Waals surface area contributed by atoms with Gasteiger partial charge in [0.15, 0.2) is 0 Å². The van der Waals surface area contributed by atoms with Crippen molar-refractivity contribution in [3.63, 3.8) is 0 Å². The van der Waals surface area contributed by atoms with Gasteiger partial charge in [0, 0.05) is 12.6 Å². The molecule has 0 aromatic rings. The second kappa shape index (κ2) is 11.4. The molecule has 0 saturated heterocycles. The van der Waals surface area contributed by atoms with Crippen molar-refractivity contribution < 1.29 is 0 Å². The third-order valence-corrected chi connectivity index (χ3v) is 2.95. The molecule has 0 amide bonds. The lowest BCUT2D eigenvalue weighted by atomic mass is 10.0. The van der Waals surface area contributed by atoms with E-state index in [1.165, 1.54) is 38.5 Å². The predicted octanol–water partition coefficient (Wildman–Crippen LogP) is 3.31. The zero-order valence-electron chi connectivity index (χ0n) is 11.6. The first kappa shape index (κ1) is 15.9. The standard InChI is InChI=1S/C14H32N2/c1-4-9-14(15)12-16-11-8-6-5-7-10-13(2)3/h13-14,16H,4-12,15H2,1-3H3. The summed E-state index contributed by atoms with van der Waals surface area (Å²) in [7, 11) is 0. The second-order valence-corrected chi connectivity index (χ2v) is 5.35. The minimum absolute atomic E-state index is 0.353. The zero-order chi connectivity index (χ0) is 12.2. The van der Waals surface area contributed by atoms with Gasteiger partial charge in [0.2, 0.25) is 0 Å². The first-order valence-electron chi connectivity index (χ1n) is 7.13. The fourth-order valence-corrected chi connectivity index (χ4v) is 1.92. The average molecular weight is 228 g/mol. The molecule has 0 aromatic heterocycles. The van der Waals surface area contributed by atoms with Gasteiger partial charge in [-0.05, 0) is 25.3 Å². The lowest BCUT2D eigenvalue weighted by Crippen LogP contribution is -2.34. The maximum absolute atomic E-state index is 5.92. The molecule has 0 aliphatic heterocycles. The van der Waals surface area contributed by atoms with Crippen LogP contribution in [0.2, 0.25) is 0 Å². The van der Waals surface area contributed by atoms with Gasteiger partial charge in [0.1, 0.15) is 0 Å². The van der Waals surface area contributed by atoms with E-state index in [9.17, 15) is 0 Å². The third-order valence-electron chi connectivity index (χ3n) is 2.95. The van der Waals surface area contributed by atoms with E-state index < -0.39 is 0 Å². The van der Waals surface area contributed by atoms with Crippen LogP contribution >= 0.6 is 0 Å². The maximum atomic E-state index is 5.92. The van der Waals surface area contributed by atoms with E-state index in [2.05, 4.69) is 26.1 Å². The Labute approximate surface area is 102 Å². The highest BCUT2D eigenvalue weighted by Crippen LogP contribution is 2.08. The summed E-state index contributed by atoms with van der Waals surface area (Å²) in [5.74, 6) is 0.866. The van der Waals surface area contributed by atoms with E-state index in [0.29, 0.717) is 6.04 Å². The molecule has 0 saturated carbocycles. The molecule has 0 fully saturated rings. The first-order chi connectivity index (χ1) is 7.66. The normalized spacial score (nSPS) is 13.3. The molecule has 2 nitrogen and oxygen atoms in total. The average Bonchev–Trinajstić information content (AvgIpc) is 2.22. The fraction of sp³-hybridized carbons (Fsp3) is 1.00. The SMILES string of the molecule is CCCC(N)CNCCCCCCC(C)C. The third kappa shape index (κ3) is 12.0. The Bertz CT molecular complexity index is 135. The fourth-order valence-electron chi connectivity index (χ4n) is 1.92. The largest absolute Gasteiger partial charge is 0.327 e. The van der Waals surface area contributed by atoms with Gasteiger partial charge in [0.05, 0.1) is 0 Å². The Balaban J connectivity index is 3.04. The van der Waals surface area contributed by atoms with Crippen LogP contribution < -0.4 is 11.1 Å². The molecule has 0 aromatic carbocycles. The summed E-state index contributed by atoms with van der Waals surface area (Å²) in [6, 6.07) is 0.353. The van der Waals surface area contributed by atoms with E-state index >= 15 is 0 Å². The van der Waals surface area contributed by atoms with Crippen molar-refractivity contribution in [3.8, 4) is 0 Å². The highest BCUT2D eigenvalue weighted by molar-refractivity contribution is 4.63. The lowest BCUT2D eigenvalue weighted by Gasteiger charge is -2.11. The van der Waals surface area contributed by atoms with E-state index in [1.807, 2.05) is 0 Å². The molecule has 0 spiro atoms. The Morgan fingerprint density at radius 1 is 1.00 bits per heavy atom. The molecule has 0 aliphatic carbocycles. The molecule has 3 N–H and O–H groups in total. The molecule has 2 heteroatoms. The van der Waals surface area contributed by atoms with Crippen LogP contribution in [-0.2, 0) is 0 Å². The van der Waals surface area contributed by atoms with Crippen LogP contribution in [0.1, 0.15) is 65.7 Å². The quantitative estimate of drug-likeness (QED) is 0.532. The molecule has 16 heavy (non-hydrogen) atoms. The number of hydrogen-bond donors (Lipinski definition) is 2.